The lowest BCUT2D eigenvalue weighted by Crippen LogP contribution is -2.36. The van der Waals surface area contributed by atoms with Crippen molar-refractivity contribution >= 4 is 11.7 Å². The van der Waals surface area contributed by atoms with E-state index >= 15 is 0 Å². The second-order valence-electron chi connectivity index (χ2n) is 7.14. The maximum atomic E-state index is 12.3. The van der Waals surface area contributed by atoms with E-state index in [-0.39, 0.29) is 30.6 Å². The number of amides is 1. The fourth-order valence-electron chi connectivity index (χ4n) is 3.50. The van der Waals surface area contributed by atoms with Crippen molar-refractivity contribution in [3.05, 3.63) is 65.5 Å². The van der Waals surface area contributed by atoms with Crippen molar-refractivity contribution in [3.8, 4) is 0 Å². The summed E-state index contributed by atoms with van der Waals surface area (Å²) < 4.78 is 0. The number of likely N-dealkylation sites (tertiary alicyclic amines) is 1. The van der Waals surface area contributed by atoms with Crippen molar-refractivity contribution in [2.24, 2.45) is 0 Å². The lowest BCUT2D eigenvalue weighted by atomic mass is 10.0. The molecule has 0 aliphatic carbocycles. The molecule has 5 heteroatoms. The topological polar surface area (TPSA) is 62.3 Å². The fourth-order valence-corrected chi connectivity index (χ4v) is 3.50. The van der Waals surface area contributed by atoms with Gasteiger partial charge in [-0.3, -0.25) is 19.5 Å². The molecular formula is C22H27N3O2. The van der Waals surface area contributed by atoms with Gasteiger partial charge in [-0.05, 0) is 50.6 Å². The normalized spacial score (nSPS) is 15.4. The van der Waals surface area contributed by atoms with E-state index in [1.165, 1.54) is 24.0 Å². The molecule has 1 aromatic heterocycles. The first-order chi connectivity index (χ1) is 13.1. The van der Waals surface area contributed by atoms with Crippen LogP contribution in [0, 0.1) is 6.92 Å². The van der Waals surface area contributed by atoms with Crippen LogP contribution < -0.4 is 5.32 Å². The highest BCUT2D eigenvalue weighted by Crippen LogP contribution is 2.25. The van der Waals surface area contributed by atoms with Crippen molar-refractivity contribution in [2.75, 3.05) is 19.6 Å². The van der Waals surface area contributed by atoms with Crippen molar-refractivity contribution < 1.29 is 9.59 Å². The number of rotatable bonds is 8. The van der Waals surface area contributed by atoms with Gasteiger partial charge in [0.25, 0.3) is 0 Å². The zero-order chi connectivity index (χ0) is 19.1. The second kappa shape index (κ2) is 9.42. The quantitative estimate of drug-likeness (QED) is 0.729. The zero-order valence-corrected chi connectivity index (χ0v) is 15.9. The molecule has 3 rings (SSSR count). The minimum atomic E-state index is -0.0800. The molecule has 1 fully saturated rings. The Hall–Kier alpha value is -2.53. The number of ketones is 1. The van der Waals surface area contributed by atoms with Crippen molar-refractivity contribution in [1.82, 2.24) is 15.2 Å². The van der Waals surface area contributed by atoms with E-state index in [1.54, 1.807) is 24.5 Å². The zero-order valence-electron chi connectivity index (χ0n) is 15.9. The van der Waals surface area contributed by atoms with Gasteiger partial charge in [-0.2, -0.15) is 0 Å². The molecule has 0 radical (unpaired) electrons. The SMILES string of the molecule is Cc1ccc(C(CNC(=O)CCC(=O)c2cccnc2)N2CCCC2)cc1. The highest BCUT2D eigenvalue weighted by Gasteiger charge is 2.24. The highest BCUT2D eigenvalue weighted by molar-refractivity contribution is 5.97. The summed E-state index contributed by atoms with van der Waals surface area (Å²) in [5.74, 6) is -0.128. The molecule has 2 heterocycles. The highest BCUT2D eigenvalue weighted by atomic mass is 16.2. The third-order valence-electron chi connectivity index (χ3n) is 5.10. The van der Waals surface area contributed by atoms with Crippen molar-refractivity contribution in [2.45, 2.75) is 38.6 Å². The molecule has 1 unspecified atom stereocenters. The Morgan fingerprint density at radius 2 is 1.85 bits per heavy atom. The number of nitrogens with one attached hydrogen (secondary N) is 1. The van der Waals surface area contributed by atoms with Crippen LogP contribution in [0.4, 0.5) is 0 Å². The third kappa shape index (κ3) is 5.47. The number of aryl methyl sites for hydroxylation is 1. The number of hydrogen-bond acceptors (Lipinski definition) is 4. The summed E-state index contributed by atoms with van der Waals surface area (Å²) in [4.78, 5) is 30.8. The molecule has 1 aromatic carbocycles. The first kappa shape index (κ1) is 19.2. The Morgan fingerprint density at radius 1 is 1.11 bits per heavy atom. The average molecular weight is 365 g/mol. The minimum Gasteiger partial charge on any atom is -0.354 e. The second-order valence-corrected chi connectivity index (χ2v) is 7.14. The molecule has 0 saturated carbocycles. The lowest BCUT2D eigenvalue weighted by Gasteiger charge is -2.28. The van der Waals surface area contributed by atoms with Crippen LogP contribution >= 0.6 is 0 Å². The first-order valence-corrected chi connectivity index (χ1v) is 9.64. The van der Waals surface area contributed by atoms with E-state index in [2.05, 4.69) is 46.4 Å². The molecule has 1 atom stereocenters. The van der Waals surface area contributed by atoms with E-state index < -0.39 is 0 Å². The largest absolute Gasteiger partial charge is 0.354 e. The Morgan fingerprint density at radius 3 is 2.52 bits per heavy atom. The summed E-state index contributed by atoms with van der Waals surface area (Å²) in [6, 6.07) is 12.2. The van der Waals surface area contributed by atoms with Gasteiger partial charge in [-0.25, -0.2) is 0 Å². The monoisotopic (exact) mass is 365 g/mol. The van der Waals surface area contributed by atoms with Gasteiger partial charge >= 0.3 is 0 Å². The third-order valence-corrected chi connectivity index (χ3v) is 5.10. The van der Waals surface area contributed by atoms with Crippen LogP contribution in [0.3, 0.4) is 0 Å². The predicted octanol–water partition coefficient (Wildman–Crippen LogP) is 3.31. The first-order valence-electron chi connectivity index (χ1n) is 9.64. The van der Waals surface area contributed by atoms with E-state index in [1.807, 2.05) is 0 Å². The Labute approximate surface area is 160 Å². The number of carbonyl (C=O) groups excluding carboxylic acids is 2. The molecular weight excluding hydrogens is 338 g/mol. The van der Waals surface area contributed by atoms with Gasteiger partial charge in [-0.1, -0.05) is 29.8 Å². The van der Waals surface area contributed by atoms with Gasteiger partial charge in [0.15, 0.2) is 5.78 Å². The Bertz CT molecular complexity index is 753. The van der Waals surface area contributed by atoms with Gasteiger partial charge in [0.05, 0.1) is 6.04 Å². The van der Waals surface area contributed by atoms with Gasteiger partial charge in [0, 0.05) is 37.3 Å². The van der Waals surface area contributed by atoms with Crippen LogP contribution in [-0.4, -0.2) is 41.2 Å². The summed E-state index contributed by atoms with van der Waals surface area (Å²) in [6.07, 6.45) is 5.99. The molecule has 1 amide bonds. The van der Waals surface area contributed by atoms with Gasteiger partial charge < -0.3 is 5.32 Å². The summed E-state index contributed by atoms with van der Waals surface area (Å²) >= 11 is 0. The molecule has 1 saturated heterocycles. The van der Waals surface area contributed by atoms with Gasteiger partial charge in [-0.15, -0.1) is 0 Å². The summed E-state index contributed by atoms with van der Waals surface area (Å²) in [5.41, 5.74) is 3.02. The molecule has 27 heavy (non-hydrogen) atoms. The molecule has 0 bridgehead atoms. The number of hydrogen-bond donors (Lipinski definition) is 1. The number of Topliss-reactive ketones (excluding diaryl/α,β-unsaturated/α-hetero) is 1. The maximum Gasteiger partial charge on any atom is 0.220 e. The molecule has 2 aromatic rings. The van der Waals surface area contributed by atoms with Crippen LogP contribution in [0.2, 0.25) is 0 Å². The Balaban J connectivity index is 1.54. The van der Waals surface area contributed by atoms with Gasteiger partial charge in [0.2, 0.25) is 5.91 Å². The van der Waals surface area contributed by atoms with Crippen molar-refractivity contribution in [3.63, 3.8) is 0 Å². The molecule has 1 N–H and O–H groups in total. The standard InChI is InChI=1S/C22H27N3O2/c1-17-6-8-18(9-7-17)20(25-13-2-3-14-25)16-24-22(27)11-10-21(26)19-5-4-12-23-15-19/h4-9,12,15,20H,2-3,10-11,13-14,16H2,1H3,(H,24,27). The van der Waals surface area contributed by atoms with Gasteiger partial charge in [0.1, 0.15) is 0 Å². The average Bonchev–Trinajstić information content (AvgIpc) is 3.23. The number of pyridine rings is 1. The van der Waals surface area contributed by atoms with E-state index in [0.29, 0.717) is 12.1 Å². The predicted molar refractivity (Wildman–Crippen MR) is 106 cm³/mol. The molecule has 1 aliphatic rings. The summed E-state index contributed by atoms with van der Waals surface area (Å²) in [7, 11) is 0. The number of carbonyl (C=O) groups is 2. The van der Waals surface area contributed by atoms with Crippen LogP contribution in [0.5, 0.6) is 0 Å². The summed E-state index contributed by atoms with van der Waals surface area (Å²) in [6.45, 7) is 4.78. The summed E-state index contributed by atoms with van der Waals surface area (Å²) in [5, 5.41) is 3.03. The van der Waals surface area contributed by atoms with E-state index in [0.717, 1.165) is 13.1 Å². The molecule has 1 aliphatic heterocycles. The number of nitrogens with zero attached hydrogens (tertiary/aromatic N) is 2. The van der Waals surface area contributed by atoms with Crippen LogP contribution in [0.1, 0.15) is 53.2 Å². The molecule has 5 nitrogen and oxygen atoms in total. The van der Waals surface area contributed by atoms with E-state index in [4.69, 9.17) is 0 Å². The van der Waals surface area contributed by atoms with Crippen LogP contribution in [-0.2, 0) is 4.79 Å². The smallest absolute Gasteiger partial charge is 0.220 e. The molecule has 142 valence electrons. The van der Waals surface area contributed by atoms with Crippen LogP contribution in [0.15, 0.2) is 48.8 Å². The number of aromatic nitrogens is 1. The fraction of sp³-hybridized carbons (Fsp3) is 0.409. The molecule has 0 spiro atoms. The maximum absolute atomic E-state index is 12.3. The number of benzene rings is 1. The minimum absolute atomic E-state index is 0.0483. The van der Waals surface area contributed by atoms with Crippen molar-refractivity contribution in [1.29, 1.82) is 0 Å². The Kier molecular flexibility index (Phi) is 6.71. The van der Waals surface area contributed by atoms with E-state index in [9.17, 15) is 9.59 Å². The van der Waals surface area contributed by atoms with Crippen LogP contribution in [0.25, 0.3) is 0 Å². The lowest BCUT2D eigenvalue weighted by molar-refractivity contribution is -0.121.